The van der Waals surface area contributed by atoms with Crippen LogP contribution in [0.25, 0.3) is 0 Å². The first-order chi connectivity index (χ1) is 6.89. The van der Waals surface area contributed by atoms with Crippen LogP contribution in [0.5, 0.6) is 0 Å². The van der Waals surface area contributed by atoms with Crippen LogP contribution < -0.4 is 0 Å². The molecule has 2 rings (SSSR count). The molecule has 0 aromatic rings. The van der Waals surface area contributed by atoms with E-state index >= 15 is 0 Å². The lowest BCUT2D eigenvalue weighted by Crippen LogP contribution is -2.69. The molecule has 2 nitrogen and oxygen atoms in total. The molecule has 0 aliphatic carbocycles. The summed E-state index contributed by atoms with van der Waals surface area (Å²) < 4.78 is 0. The van der Waals surface area contributed by atoms with E-state index in [9.17, 15) is 0 Å². The van der Waals surface area contributed by atoms with Gasteiger partial charge in [-0.25, -0.2) is 0 Å². The van der Waals surface area contributed by atoms with Gasteiger partial charge in [0, 0.05) is 30.7 Å². The van der Waals surface area contributed by atoms with Crippen molar-refractivity contribution in [2.24, 2.45) is 5.92 Å². The van der Waals surface area contributed by atoms with Gasteiger partial charge in [-0.2, -0.15) is 0 Å². The van der Waals surface area contributed by atoms with Crippen molar-refractivity contribution in [1.29, 1.82) is 0 Å². The van der Waals surface area contributed by atoms with Gasteiger partial charge < -0.3 is 0 Å². The van der Waals surface area contributed by atoms with E-state index < -0.39 is 0 Å². The minimum Gasteiger partial charge on any atom is -0.299 e. The zero-order chi connectivity index (χ0) is 11.2. The fourth-order valence-corrected chi connectivity index (χ4v) is 3.06. The van der Waals surface area contributed by atoms with Crippen molar-refractivity contribution in [1.82, 2.24) is 9.80 Å². The highest BCUT2D eigenvalue weighted by Crippen LogP contribution is 2.37. The Kier molecular flexibility index (Phi) is 2.85. The third kappa shape index (κ3) is 2.07. The Labute approximate surface area is 94.6 Å². The van der Waals surface area contributed by atoms with Gasteiger partial charge in [-0.15, -0.1) is 0 Å². The number of fused-ring (bicyclic) bond motifs is 1. The monoisotopic (exact) mass is 210 g/mol. The lowest BCUT2D eigenvalue weighted by atomic mass is 9.78. The molecule has 2 atom stereocenters. The number of likely N-dealkylation sites (tertiary alicyclic amines) is 2. The van der Waals surface area contributed by atoms with Crippen molar-refractivity contribution >= 4 is 0 Å². The van der Waals surface area contributed by atoms with Crippen LogP contribution in [0, 0.1) is 5.92 Å². The lowest BCUT2D eigenvalue weighted by molar-refractivity contribution is -0.0983. The Morgan fingerprint density at radius 2 is 1.80 bits per heavy atom. The van der Waals surface area contributed by atoms with E-state index in [2.05, 4.69) is 44.4 Å². The Morgan fingerprint density at radius 3 is 2.33 bits per heavy atom. The van der Waals surface area contributed by atoms with Crippen LogP contribution in [0.3, 0.4) is 0 Å². The van der Waals surface area contributed by atoms with Crippen LogP contribution in [-0.2, 0) is 0 Å². The quantitative estimate of drug-likeness (QED) is 0.654. The van der Waals surface area contributed by atoms with Crippen molar-refractivity contribution in [2.45, 2.75) is 58.7 Å². The van der Waals surface area contributed by atoms with E-state index in [0.29, 0.717) is 11.6 Å². The van der Waals surface area contributed by atoms with Crippen LogP contribution in [0.2, 0.25) is 0 Å². The Hall–Kier alpha value is -0.0800. The van der Waals surface area contributed by atoms with E-state index in [1.165, 1.54) is 26.1 Å². The summed E-state index contributed by atoms with van der Waals surface area (Å²) in [7, 11) is 0. The normalized spacial score (nSPS) is 34.0. The molecule has 2 heteroatoms. The third-order valence-electron chi connectivity index (χ3n) is 4.18. The highest BCUT2D eigenvalue weighted by Gasteiger charge is 2.46. The van der Waals surface area contributed by atoms with Crippen LogP contribution in [0.1, 0.15) is 41.0 Å². The van der Waals surface area contributed by atoms with E-state index in [-0.39, 0.29) is 0 Å². The van der Waals surface area contributed by atoms with Gasteiger partial charge >= 0.3 is 0 Å². The summed E-state index contributed by atoms with van der Waals surface area (Å²) in [4.78, 5) is 5.32. The third-order valence-corrected chi connectivity index (χ3v) is 4.18. The zero-order valence-electron chi connectivity index (χ0n) is 11.0. The molecule has 0 bridgehead atoms. The molecule has 2 unspecified atom stereocenters. The molecule has 2 aliphatic rings. The van der Waals surface area contributed by atoms with Crippen LogP contribution >= 0.6 is 0 Å². The second-order valence-corrected chi connectivity index (χ2v) is 6.53. The Balaban J connectivity index is 1.97. The summed E-state index contributed by atoms with van der Waals surface area (Å²) >= 11 is 0. The molecule has 0 radical (unpaired) electrons. The molecule has 2 heterocycles. The maximum Gasteiger partial charge on any atom is 0.0269 e. The van der Waals surface area contributed by atoms with Crippen molar-refractivity contribution in [3.05, 3.63) is 0 Å². The smallest absolute Gasteiger partial charge is 0.0269 e. The van der Waals surface area contributed by atoms with E-state index in [0.717, 1.165) is 12.0 Å². The first-order valence-electron chi connectivity index (χ1n) is 6.40. The lowest BCUT2D eigenvalue weighted by Gasteiger charge is -2.59. The number of hydrogen-bond acceptors (Lipinski definition) is 2. The van der Waals surface area contributed by atoms with Gasteiger partial charge in [0.05, 0.1) is 0 Å². The predicted molar refractivity (Wildman–Crippen MR) is 65.1 cm³/mol. The molecule has 0 aromatic carbocycles. The average Bonchev–Trinajstić information content (AvgIpc) is 2.03. The first-order valence-corrected chi connectivity index (χ1v) is 6.40. The molecule has 0 amide bonds. The molecule has 0 aromatic heterocycles. The van der Waals surface area contributed by atoms with Gasteiger partial charge in [-0.3, -0.25) is 9.80 Å². The molecule has 88 valence electrons. The maximum atomic E-state index is 2.69. The summed E-state index contributed by atoms with van der Waals surface area (Å²) in [5, 5.41) is 0. The molecular weight excluding hydrogens is 184 g/mol. The molecular formula is C13H26N2. The number of piperidine rings is 1. The summed E-state index contributed by atoms with van der Waals surface area (Å²) in [6.07, 6.45) is 1.41. The fraction of sp³-hybridized carbons (Fsp3) is 1.00. The van der Waals surface area contributed by atoms with Gasteiger partial charge in [0.25, 0.3) is 0 Å². The highest BCUT2D eigenvalue weighted by molar-refractivity contribution is 5.01. The SMILES string of the molecule is CC(C)N1CCC2CN(C(C)(C)C)C2C1. The Morgan fingerprint density at radius 1 is 1.13 bits per heavy atom. The predicted octanol–water partition coefficient (Wildman–Crippen LogP) is 2.20. The van der Waals surface area contributed by atoms with Crippen molar-refractivity contribution in [2.75, 3.05) is 19.6 Å². The maximum absolute atomic E-state index is 2.69. The van der Waals surface area contributed by atoms with Gasteiger partial charge in [0.1, 0.15) is 0 Å². The Bertz CT molecular complexity index is 229. The molecule has 15 heavy (non-hydrogen) atoms. The molecule has 2 aliphatic heterocycles. The van der Waals surface area contributed by atoms with Gasteiger partial charge in [0.2, 0.25) is 0 Å². The molecule has 2 saturated heterocycles. The topological polar surface area (TPSA) is 6.48 Å². The summed E-state index contributed by atoms with van der Waals surface area (Å²) in [5.41, 5.74) is 0.362. The minimum absolute atomic E-state index is 0.362. The zero-order valence-corrected chi connectivity index (χ0v) is 11.0. The van der Waals surface area contributed by atoms with Crippen LogP contribution in [0.15, 0.2) is 0 Å². The standard InChI is InChI=1S/C13H26N2/c1-10(2)14-7-6-11-8-15(12(11)9-14)13(3,4)5/h10-12H,6-9H2,1-5H3. The molecule has 0 spiro atoms. The molecule has 0 N–H and O–H groups in total. The van der Waals surface area contributed by atoms with Crippen LogP contribution in [-0.4, -0.2) is 47.1 Å². The number of hydrogen-bond donors (Lipinski definition) is 0. The van der Waals surface area contributed by atoms with Gasteiger partial charge in [0.15, 0.2) is 0 Å². The van der Waals surface area contributed by atoms with Crippen molar-refractivity contribution < 1.29 is 0 Å². The number of nitrogens with zero attached hydrogens (tertiary/aromatic N) is 2. The fourth-order valence-electron chi connectivity index (χ4n) is 3.06. The second kappa shape index (κ2) is 3.74. The molecule has 2 fully saturated rings. The van der Waals surface area contributed by atoms with Gasteiger partial charge in [-0.05, 0) is 53.5 Å². The summed E-state index contributed by atoms with van der Waals surface area (Å²) in [5.74, 6) is 0.985. The summed E-state index contributed by atoms with van der Waals surface area (Å²) in [6, 6.07) is 1.55. The largest absolute Gasteiger partial charge is 0.299 e. The van der Waals surface area contributed by atoms with E-state index in [1.54, 1.807) is 0 Å². The average molecular weight is 210 g/mol. The van der Waals surface area contributed by atoms with Crippen LogP contribution in [0.4, 0.5) is 0 Å². The van der Waals surface area contributed by atoms with Crippen molar-refractivity contribution in [3.8, 4) is 0 Å². The summed E-state index contributed by atoms with van der Waals surface area (Å²) in [6.45, 7) is 15.6. The first kappa shape index (κ1) is 11.4. The highest BCUT2D eigenvalue weighted by atomic mass is 15.3. The number of rotatable bonds is 1. The van der Waals surface area contributed by atoms with Crippen molar-refractivity contribution in [3.63, 3.8) is 0 Å². The second-order valence-electron chi connectivity index (χ2n) is 6.53. The van der Waals surface area contributed by atoms with Gasteiger partial charge in [-0.1, -0.05) is 0 Å². The van der Waals surface area contributed by atoms with E-state index in [1.807, 2.05) is 0 Å². The molecule has 0 saturated carbocycles. The minimum atomic E-state index is 0.362. The van der Waals surface area contributed by atoms with E-state index in [4.69, 9.17) is 0 Å².